The molecule has 126 valence electrons. The number of amides is 2. The summed E-state index contributed by atoms with van der Waals surface area (Å²) in [5.41, 5.74) is 1.14. The van der Waals surface area contributed by atoms with Crippen LogP contribution < -0.4 is 10.6 Å². The van der Waals surface area contributed by atoms with E-state index < -0.39 is 17.6 Å². The first-order valence-electron chi connectivity index (χ1n) is 6.77. The maximum atomic E-state index is 13.4. The number of carbonyl (C=O) groups excluding carboxylic acids is 2. The summed E-state index contributed by atoms with van der Waals surface area (Å²) >= 11 is 17.4. The van der Waals surface area contributed by atoms with E-state index in [0.29, 0.717) is 16.3 Å². The Kier molecular flexibility index (Phi) is 6.04. The van der Waals surface area contributed by atoms with Crippen LogP contribution in [0.1, 0.15) is 15.9 Å². The predicted octanol–water partition coefficient (Wildman–Crippen LogP) is 4.46. The van der Waals surface area contributed by atoms with Crippen molar-refractivity contribution in [3.63, 3.8) is 0 Å². The van der Waals surface area contributed by atoms with Gasteiger partial charge >= 0.3 is 0 Å². The van der Waals surface area contributed by atoms with Gasteiger partial charge in [0.25, 0.3) is 5.91 Å². The van der Waals surface area contributed by atoms with Gasteiger partial charge in [0.05, 0.1) is 22.2 Å². The van der Waals surface area contributed by atoms with Crippen molar-refractivity contribution in [1.82, 2.24) is 5.32 Å². The molecule has 0 aromatic heterocycles. The van der Waals surface area contributed by atoms with E-state index in [-0.39, 0.29) is 22.2 Å². The van der Waals surface area contributed by atoms with E-state index in [2.05, 4.69) is 10.6 Å². The van der Waals surface area contributed by atoms with Crippen LogP contribution in [0.15, 0.2) is 30.3 Å². The van der Waals surface area contributed by atoms with Gasteiger partial charge in [0, 0.05) is 10.7 Å². The van der Waals surface area contributed by atoms with Gasteiger partial charge in [-0.15, -0.1) is 0 Å². The van der Waals surface area contributed by atoms with E-state index in [1.54, 1.807) is 25.1 Å². The minimum Gasteiger partial charge on any atom is -0.343 e. The molecule has 0 spiro atoms. The zero-order chi connectivity index (χ0) is 17.9. The standard InChI is InChI=1S/C16H12Cl3FN2O2/c1-8-10(17)3-2-4-14(8)22-15(23)7-21-16(24)9-5-13(20)12(19)6-11(9)18/h2-6H,7H2,1H3,(H,21,24)(H,22,23). The second-order valence-electron chi connectivity index (χ2n) is 4.89. The highest BCUT2D eigenvalue weighted by Crippen LogP contribution is 2.24. The summed E-state index contributed by atoms with van der Waals surface area (Å²) < 4.78 is 13.4. The van der Waals surface area contributed by atoms with Crippen LogP contribution in [0.5, 0.6) is 0 Å². The van der Waals surface area contributed by atoms with E-state index in [1.165, 1.54) is 0 Å². The van der Waals surface area contributed by atoms with Crippen molar-refractivity contribution in [2.75, 3.05) is 11.9 Å². The Balaban J connectivity index is 2.00. The Labute approximate surface area is 152 Å². The molecule has 0 atom stereocenters. The van der Waals surface area contributed by atoms with Crippen molar-refractivity contribution in [3.8, 4) is 0 Å². The second-order valence-corrected chi connectivity index (χ2v) is 6.11. The molecule has 0 aliphatic rings. The van der Waals surface area contributed by atoms with Crippen molar-refractivity contribution in [3.05, 3.63) is 62.3 Å². The van der Waals surface area contributed by atoms with Gasteiger partial charge in [0.2, 0.25) is 5.91 Å². The molecule has 0 radical (unpaired) electrons. The molecule has 0 bridgehead atoms. The Bertz CT molecular complexity index is 812. The molecular formula is C16H12Cl3FN2O2. The largest absolute Gasteiger partial charge is 0.343 e. The maximum Gasteiger partial charge on any atom is 0.253 e. The molecule has 2 aromatic rings. The number of nitrogens with one attached hydrogen (secondary N) is 2. The van der Waals surface area contributed by atoms with Crippen LogP contribution in [0, 0.1) is 12.7 Å². The van der Waals surface area contributed by atoms with Crippen LogP contribution in [-0.2, 0) is 4.79 Å². The lowest BCUT2D eigenvalue weighted by Crippen LogP contribution is -2.33. The highest BCUT2D eigenvalue weighted by atomic mass is 35.5. The monoisotopic (exact) mass is 388 g/mol. The molecule has 24 heavy (non-hydrogen) atoms. The third-order valence-electron chi connectivity index (χ3n) is 3.21. The van der Waals surface area contributed by atoms with E-state index in [9.17, 15) is 14.0 Å². The number of carbonyl (C=O) groups is 2. The molecule has 0 heterocycles. The lowest BCUT2D eigenvalue weighted by Gasteiger charge is -2.11. The number of halogens is 4. The predicted molar refractivity (Wildman–Crippen MR) is 93.6 cm³/mol. The van der Waals surface area contributed by atoms with Crippen LogP contribution in [0.2, 0.25) is 15.1 Å². The van der Waals surface area contributed by atoms with Crippen LogP contribution in [0.25, 0.3) is 0 Å². The normalized spacial score (nSPS) is 10.4. The summed E-state index contributed by atoms with van der Waals surface area (Å²) in [7, 11) is 0. The molecule has 2 amide bonds. The number of benzene rings is 2. The quantitative estimate of drug-likeness (QED) is 0.758. The van der Waals surface area contributed by atoms with Crippen molar-refractivity contribution in [2.24, 2.45) is 0 Å². The summed E-state index contributed by atoms with van der Waals surface area (Å²) in [5, 5.41) is 5.30. The fraction of sp³-hybridized carbons (Fsp3) is 0.125. The molecule has 2 rings (SSSR count). The summed E-state index contributed by atoms with van der Waals surface area (Å²) in [5.74, 6) is -1.92. The van der Waals surface area contributed by atoms with Crippen LogP contribution in [-0.4, -0.2) is 18.4 Å². The topological polar surface area (TPSA) is 58.2 Å². The first-order chi connectivity index (χ1) is 11.3. The Morgan fingerprint density at radius 2 is 1.79 bits per heavy atom. The van der Waals surface area contributed by atoms with E-state index in [1.807, 2.05) is 0 Å². The van der Waals surface area contributed by atoms with Gasteiger partial charge in [0.15, 0.2) is 0 Å². The zero-order valence-corrected chi connectivity index (χ0v) is 14.7. The first-order valence-corrected chi connectivity index (χ1v) is 7.90. The smallest absolute Gasteiger partial charge is 0.253 e. The first kappa shape index (κ1) is 18.5. The highest BCUT2D eigenvalue weighted by molar-refractivity contribution is 6.36. The van der Waals surface area contributed by atoms with Gasteiger partial charge in [-0.1, -0.05) is 40.9 Å². The molecule has 2 aromatic carbocycles. The Morgan fingerprint density at radius 3 is 2.50 bits per heavy atom. The van der Waals surface area contributed by atoms with Gasteiger partial charge in [-0.3, -0.25) is 9.59 Å². The summed E-state index contributed by atoms with van der Waals surface area (Å²) in [6.07, 6.45) is 0. The Hall–Kier alpha value is -1.82. The van der Waals surface area contributed by atoms with Crippen molar-refractivity contribution in [2.45, 2.75) is 6.92 Å². The van der Waals surface area contributed by atoms with Gasteiger partial charge in [-0.2, -0.15) is 0 Å². The average molecular weight is 390 g/mol. The molecular weight excluding hydrogens is 378 g/mol. The summed E-state index contributed by atoms with van der Waals surface area (Å²) in [4.78, 5) is 23.9. The fourth-order valence-corrected chi connectivity index (χ4v) is 2.53. The van der Waals surface area contributed by atoms with Crippen molar-refractivity contribution < 1.29 is 14.0 Å². The minimum absolute atomic E-state index is 0.00927. The number of hydrogen-bond donors (Lipinski definition) is 2. The fourth-order valence-electron chi connectivity index (χ4n) is 1.89. The lowest BCUT2D eigenvalue weighted by molar-refractivity contribution is -0.115. The van der Waals surface area contributed by atoms with E-state index in [0.717, 1.165) is 12.1 Å². The molecule has 0 aliphatic heterocycles. The minimum atomic E-state index is -0.773. The summed E-state index contributed by atoms with van der Waals surface area (Å²) in [6.45, 7) is 1.44. The van der Waals surface area contributed by atoms with E-state index in [4.69, 9.17) is 34.8 Å². The molecule has 2 N–H and O–H groups in total. The molecule has 0 aliphatic carbocycles. The molecule has 0 unspecified atom stereocenters. The van der Waals surface area contributed by atoms with Gasteiger partial charge in [0.1, 0.15) is 5.82 Å². The maximum absolute atomic E-state index is 13.4. The second kappa shape index (κ2) is 7.83. The van der Waals surface area contributed by atoms with Crippen LogP contribution >= 0.6 is 34.8 Å². The molecule has 4 nitrogen and oxygen atoms in total. The van der Waals surface area contributed by atoms with Gasteiger partial charge in [-0.25, -0.2) is 4.39 Å². The third-order valence-corrected chi connectivity index (χ3v) is 4.22. The van der Waals surface area contributed by atoms with Crippen LogP contribution in [0.4, 0.5) is 10.1 Å². The van der Waals surface area contributed by atoms with Gasteiger partial charge in [-0.05, 0) is 36.8 Å². The zero-order valence-electron chi connectivity index (χ0n) is 12.4. The molecule has 8 heteroatoms. The van der Waals surface area contributed by atoms with Crippen molar-refractivity contribution >= 4 is 52.3 Å². The number of hydrogen-bond acceptors (Lipinski definition) is 2. The molecule has 0 fully saturated rings. The van der Waals surface area contributed by atoms with Crippen molar-refractivity contribution in [1.29, 1.82) is 0 Å². The number of rotatable bonds is 4. The number of anilines is 1. The van der Waals surface area contributed by atoms with Gasteiger partial charge < -0.3 is 10.6 Å². The summed E-state index contributed by atoms with van der Waals surface area (Å²) in [6, 6.07) is 7.12. The molecule has 0 saturated heterocycles. The SMILES string of the molecule is Cc1c(Cl)cccc1NC(=O)CNC(=O)c1cc(F)c(Cl)cc1Cl. The highest BCUT2D eigenvalue weighted by Gasteiger charge is 2.15. The average Bonchev–Trinajstić information content (AvgIpc) is 2.53. The third kappa shape index (κ3) is 4.38. The lowest BCUT2D eigenvalue weighted by atomic mass is 10.2. The Morgan fingerprint density at radius 1 is 1.08 bits per heavy atom. The van der Waals surface area contributed by atoms with Crippen LogP contribution in [0.3, 0.4) is 0 Å². The van der Waals surface area contributed by atoms with E-state index >= 15 is 0 Å². The molecule has 0 saturated carbocycles.